The molecule has 0 aromatic carbocycles. The fourth-order valence-corrected chi connectivity index (χ4v) is 12.7. The van der Waals surface area contributed by atoms with Crippen molar-refractivity contribution in [2.24, 2.45) is 51.2 Å². The van der Waals surface area contributed by atoms with Crippen molar-refractivity contribution in [3.63, 3.8) is 0 Å². The number of allylic oxidation sites excluding steroid dienone is 1. The molecule has 8 heteroatoms. The number of ether oxygens (including phenoxy) is 1. The van der Waals surface area contributed by atoms with E-state index in [4.69, 9.17) is 4.74 Å². The number of esters is 1. The van der Waals surface area contributed by atoms with Crippen LogP contribution in [0.25, 0.3) is 0 Å². The SMILES string of the molecule is CC(C)C1=C2C3CCC4C(C)(CCC5C(C)(C)C(OC(=O)CC(C)(C)C=O)CCC54C)C3CCC2(NC(=O)CCN2CCCC2=O)CC1=O. The molecule has 6 aliphatic rings. The second-order valence-electron chi connectivity index (χ2n) is 19.1. The van der Waals surface area contributed by atoms with Crippen molar-refractivity contribution in [3.8, 4) is 0 Å². The maximum atomic E-state index is 13.8. The van der Waals surface area contributed by atoms with Crippen LogP contribution in [0, 0.1) is 51.2 Å². The van der Waals surface area contributed by atoms with Crippen molar-refractivity contribution >= 4 is 29.9 Å². The summed E-state index contributed by atoms with van der Waals surface area (Å²) in [7, 11) is 0. The van der Waals surface area contributed by atoms with E-state index in [9.17, 15) is 24.0 Å². The molecule has 6 rings (SSSR count). The lowest BCUT2D eigenvalue weighted by Crippen LogP contribution is -2.64. The molecule has 0 bridgehead atoms. The first-order chi connectivity index (χ1) is 22.9. The number of ketones is 1. The normalized spacial score (nSPS) is 38.5. The average molecular weight is 679 g/mol. The maximum Gasteiger partial charge on any atom is 0.307 e. The van der Waals surface area contributed by atoms with Crippen LogP contribution in [-0.2, 0) is 28.7 Å². The van der Waals surface area contributed by atoms with E-state index in [-0.39, 0.29) is 70.6 Å². The number of hydrogen-bond acceptors (Lipinski definition) is 6. The van der Waals surface area contributed by atoms with E-state index in [2.05, 4.69) is 46.9 Å². The number of carbonyl (C=O) groups is 5. The van der Waals surface area contributed by atoms with Crippen molar-refractivity contribution in [2.45, 2.75) is 151 Å². The topological polar surface area (TPSA) is 110 Å². The van der Waals surface area contributed by atoms with Gasteiger partial charge in [-0.1, -0.05) is 55.4 Å². The van der Waals surface area contributed by atoms with E-state index >= 15 is 0 Å². The van der Waals surface area contributed by atoms with Gasteiger partial charge in [0.15, 0.2) is 5.78 Å². The maximum absolute atomic E-state index is 13.8. The fraction of sp³-hybridized carbons (Fsp3) is 0.829. The Kier molecular flexibility index (Phi) is 9.34. The second-order valence-corrected chi connectivity index (χ2v) is 19.1. The molecule has 1 heterocycles. The largest absolute Gasteiger partial charge is 0.462 e. The minimum Gasteiger partial charge on any atom is -0.462 e. The third kappa shape index (κ3) is 6.03. The highest BCUT2D eigenvalue weighted by Gasteiger charge is 2.67. The molecule has 0 radical (unpaired) electrons. The highest BCUT2D eigenvalue weighted by atomic mass is 16.5. The summed E-state index contributed by atoms with van der Waals surface area (Å²) in [5.41, 5.74) is 0.944. The van der Waals surface area contributed by atoms with Crippen molar-refractivity contribution in [1.82, 2.24) is 10.2 Å². The van der Waals surface area contributed by atoms with Crippen molar-refractivity contribution < 1.29 is 28.7 Å². The van der Waals surface area contributed by atoms with Gasteiger partial charge in [-0.25, -0.2) is 0 Å². The molecule has 1 aliphatic heterocycles. The molecule has 8 unspecified atom stereocenters. The quantitative estimate of drug-likeness (QED) is 0.208. The zero-order valence-electron chi connectivity index (χ0n) is 31.5. The van der Waals surface area contributed by atoms with Crippen LogP contribution in [0.15, 0.2) is 11.1 Å². The van der Waals surface area contributed by atoms with Gasteiger partial charge in [-0.15, -0.1) is 0 Å². The molecule has 0 aromatic rings. The molecule has 49 heavy (non-hydrogen) atoms. The first-order valence-corrected chi connectivity index (χ1v) is 19.4. The first-order valence-electron chi connectivity index (χ1n) is 19.4. The van der Waals surface area contributed by atoms with Crippen LogP contribution in [-0.4, -0.2) is 59.5 Å². The Morgan fingerprint density at radius 1 is 0.980 bits per heavy atom. The van der Waals surface area contributed by atoms with Gasteiger partial charge in [0.2, 0.25) is 11.8 Å². The number of hydrogen-bond donors (Lipinski definition) is 1. The predicted molar refractivity (Wildman–Crippen MR) is 188 cm³/mol. The van der Waals surface area contributed by atoms with Crippen LogP contribution >= 0.6 is 0 Å². The number of nitrogens with zero attached hydrogens (tertiary/aromatic N) is 1. The number of aldehydes is 1. The van der Waals surface area contributed by atoms with Crippen molar-refractivity contribution in [2.75, 3.05) is 13.1 Å². The molecule has 0 spiro atoms. The third-order valence-corrected chi connectivity index (χ3v) is 14.9. The summed E-state index contributed by atoms with van der Waals surface area (Å²) in [5, 5.41) is 3.45. The fourth-order valence-electron chi connectivity index (χ4n) is 12.7. The van der Waals surface area contributed by atoms with E-state index in [0.29, 0.717) is 37.1 Å². The number of nitrogens with one attached hydrogen (secondary N) is 1. The molecule has 4 saturated carbocycles. The van der Waals surface area contributed by atoms with Crippen LogP contribution < -0.4 is 5.32 Å². The van der Waals surface area contributed by atoms with Gasteiger partial charge >= 0.3 is 5.97 Å². The van der Waals surface area contributed by atoms with Crippen LogP contribution in [0.5, 0.6) is 0 Å². The Balaban J connectivity index is 1.23. The molecule has 272 valence electrons. The molecule has 5 aliphatic carbocycles. The Bertz CT molecular complexity index is 1430. The minimum absolute atomic E-state index is 0.0456. The van der Waals surface area contributed by atoms with E-state index in [1.54, 1.807) is 18.7 Å². The van der Waals surface area contributed by atoms with Gasteiger partial charge < -0.3 is 19.7 Å². The smallest absolute Gasteiger partial charge is 0.307 e. The highest BCUT2D eigenvalue weighted by molar-refractivity contribution is 6.02. The number of carbonyl (C=O) groups excluding carboxylic acids is 5. The molecular weight excluding hydrogens is 616 g/mol. The lowest BCUT2D eigenvalue weighted by molar-refractivity contribution is -0.213. The van der Waals surface area contributed by atoms with E-state index in [1.165, 1.54) is 5.57 Å². The summed E-state index contributed by atoms with van der Waals surface area (Å²) >= 11 is 0. The van der Waals surface area contributed by atoms with Crippen LogP contribution in [0.2, 0.25) is 0 Å². The van der Waals surface area contributed by atoms with Gasteiger partial charge in [0.25, 0.3) is 0 Å². The number of fused-ring (bicyclic) bond motifs is 7. The minimum atomic E-state index is -0.723. The van der Waals surface area contributed by atoms with E-state index in [1.807, 2.05) is 0 Å². The van der Waals surface area contributed by atoms with Gasteiger partial charge in [-0.05, 0) is 109 Å². The summed E-state index contributed by atoms with van der Waals surface area (Å²) in [6, 6.07) is 0. The molecule has 0 aromatic heterocycles. The average Bonchev–Trinajstić information content (AvgIpc) is 3.56. The van der Waals surface area contributed by atoms with Gasteiger partial charge in [0, 0.05) is 43.2 Å². The number of likely N-dealkylation sites (tertiary alicyclic amines) is 1. The summed E-state index contributed by atoms with van der Waals surface area (Å²) in [6.07, 6.45) is 10.8. The molecule has 2 amide bonds. The highest BCUT2D eigenvalue weighted by Crippen LogP contribution is 2.72. The number of rotatable bonds is 9. The summed E-state index contributed by atoms with van der Waals surface area (Å²) < 4.78 is 6.18. The Hall–Kier alpha value is -2.51. The lowest BCUT2D eigenvalue weighted by Gasteiger charge is -2.68. The second kappa shape index (κ2) is 12.6. The number of amides is 2. The molecule has 1 saturated heterocycles. The Morgan fingerprint density at radius 2 is 1.69 bits per heavy atom. The van der Waals surface area contributed by atoms with Gasteiger partial charge in [-0.3, -0.25) is 19.2 Å². The van der Waals surface area contributed by atoms with Crippen molar-refractivity contribution in [3.05, 3.63) is 11.1 Å². The standard InChI is InChI=1S/C41H62N2O6/c1-25(2)35-28(45)22-41(42-32(46)16-21-43-20-9-10-33(43)47)19-13-27-26(36(35)41)11-12-30-39(27,7)17-14-29-38(5,6)31(15-18-40(29,30)8)49-34(48)23-37(3,4)24-44/h24-27,29-31H,9-23H2,1-8H3,(H,42,46). The lowest BCUT2D eigenvalue weighted by atomic mass is 9.37. The van der Waals surface area contributed by atoms with Gasteiger partial charge in [-0.2, -0.15) is 0 Å². The number of Topliss-reactive ketones (excluding diaryl/α,β-unsaturated/α-hetero) is 1. The third-order valence-electron chi connectivity index (χ3n) is 14.9. The van der Waals surface area contributed by atoms with Crippen LogP contribution in [0.4, 0.5) is 0 Å². The molecule has 8 nitrogen and oxygen atoms in total. The van der Waals surface area contributed by atoms with Gasteiger partial charge in [0.1, 0.15) is 12.4 Å². The molecule has 5 fully saturated rings. The van der Waals surface area contributed by atoms with Crippen LogP contribution in [0.1, 0.15) is 139 Å². The van der Waals surface area contributed by atoms with E-state index < -0.39 is 11.0 Å². The summed E-state index contributed by atoms with van der Waals surface area (Å²) in [5.74, 6) is 1.81. The molecule has 8 atom stereocenters. The van der Waals surface area contributed by atoms with Gasteiger partial charge in [0.05, 0.1) is 12.0 Å². The zero-order valence-corrected chi connectivity index (χ0v) is 31.5. The molecular formula is C41H62N2O6. The Labute approximate surface area is 294 Å². The zero-order chi connectivity index (χ0) is 35.7. The Morgan fingerprint density at radius 3 is 2.35 bits per heavy atom. The van der Waals surface area contributed by atoms with Crippen molar-refractivity contribution in [1.29, 1.82) is 0 Å². The first kappa shape index (κ1) is 36.3. The summed E-state index contributed by atoms with van der Waals surface area (Å²) in [6.45, 7) is 18.7. The van der Waals surface area contributed by atoms with E-state index in [0.717, 1.165) is 76.2 Å². The monoisotopic (exact) mass is 678 g/mol. The summed E-state index contributed by atoms with van der Waals surface area (Å²) in [4.78, 5) is 65.8. The molecule has 1 N–H and O–H groups in total. The predicted octanol–water partition coefficient (Wildman–Crippen LogP) is 6.99. The van der Waals surface area contributed by atoms with Crippen LogP contribution in [0.3, 0.4) is 0 Å².